The third-order valence-corrected chi connectivity index (χ3v) is 2.78. The van der Waals surface area contributed by atoms with Gasteiger partial charge in [0.05, 0.1) is 5.69 Å². The summed E-state index contributed by atoms with van der Waals surface area (Å²) >= 11 is 3.41. The van der Waals surface area contributed by atoms with Gasteiger partial charge in [-0.05, 0) is 19.1 Å². The van der Waals surface area contributed by atoms with Gasteiger partial charge in [-0.1, -0.05) is 28.1 Å². The molecule has 0 spiro atoms. The van der Waals surface area contributed by atoms with E-state index in [9.17, 15) is 0 Å². The first kappa shape index (κ1) is 9.46. The Hall–Kier alpha value is -1.09. The molecular weight excluding hydrogens is 240 g/mol. The fraction of sp³-hybridized carbons (Fsp3) is 0.182. The Morgan fingerprint density at radius 3 is 2.36 bits per heavy atom. The van der Waals surface area contributed by atoms with Gasteiger partial charge in [0, 0.05) is 23.3 Å². The van der Waals surface area contributed by atoms with Crippen molar-refractivity contribution in [2.45, 2.75) is 6.92 Å². The SMILES string of the molecule is Cc1nc(-c2ccc(Br)cc2)cn1C. The zero-order valence-corrected chi connectivity index (χ0v) is 9.75. The number of aromatic nitrogens is 2. The molecule has 14 heavy (non-hydrogen) atoms. The highest BCUT2D eigenvalue weighted by Crippen LogP contribution is 2.20. The van der Waals surface area contributed by atoms with Crippen LogP contribution in [-0.4, -0.2) is 9.55 Å². The summed E-state index contributed by atoms with van der Waals surface area (Å²) in [5.41, 5.74) is 2.18. The lowest BCUT2D eigenvalue weighted by Crippen LogP contribution is -1.86. The Morgan fingerprint density at radius 2 is 1.86 bits per heavy atom. The third-order valence-electron chi connectivity index (χ3n) is 2.25. The second-order valence-electron chi connectivity index (χ2n) is 3.29. The number of nitrogens with zero attached hydrogens (tertiary/aromatic N) is 2. The van der Waals surface area contributed by atoms with E-state index < -0.39 is 0 Å². The summed E-state index contributed by atoms with van der Waals surface area (Å²) in [5, 5.41) is 0. The summed E-state index contributed by atoms with van der Waals surface area (Å²) in [7, 11) is 2.00. The first-order chi connectivity index (χ1) is 6.66. The molecule has 2 aromatic rings. The van der Waals surface area contributed by atoms with Crippen LogP contribution in [0.5, 0.6) is 0 Å². The summed E-state index contributed by atoms with van der Waals surface area (Å²) in [5.74, 6) is 1.03. The second kappa shape index (κ2) is 3.58. The van der Waals surface area contributed by atoms with Gasteiger partial charge in [0.1, 0.15) is 5.82 Å². The van der Waals surface area contributed by atoms with E-state index in [0.717, 1.165) is 21.6 Å². The summed E-state index contributed by atoms with van der Waals surface area (Å²) < 4.78 is 3.12. The van der Waals surface area contributed by atoms with Gasteiger partial charge in [0.2, 0.25) is 0 Å². The Kier molecular flexibility index (Phi) is 2.42. The van der Waals surface area contributed by atoms with Gasteiger partial charge < -0.3 is 4.57 Å². The standard InChI is InChI=1S/C11H11BrN2/c1-8-13-11(7-14(8)2)9-3-5-10(12)6-4-9/h3-7H,1-2H3. The molecule has 0 N–H and O–H groups in total. The largest absolute Gasteiger partial charge is 0.338 e. The van der Waals surface area contributed by atoms with Crippen LogP contribution in [0.2, 0.25) is 0 Å². The maximum Gasteiger partial charge on any atom is 0.105 e. The van der Waals surface area contributed by atoms with E-state index in [1.54, 1.807) is 0 Å². The number of halogens is 1. The number of imidazole rings is 1. The van der Waals surface area contributed by atoms with E-state index in [2.05, 4.69) is 33.0 Å². The number of benzene rings is 1. The van der Waals surface area contributed by atoms with E-state index in [1.807, 2.05) is 36.9 Å². The lowest BCUT2D eigenvalue weighted by atomic mass is 10.2. The predicted octanol–water partition coefficient (Wildman–Crippen LogP) is 3.16. The minimum absolute atomic E-state index is 1.03. The fourth-order valence-electron chi connectivity index (χ4n) is 1.32. The molecule has 72 valence electrons. The molecule has 0 saturated carbocycles. The first-order valence-electron chi connectivity index (χ1n) is 4.43. The molecular formula is C11H11BrN2. The van der Waals surface area contributed by atoms with Crippen molar-refractivity contribution in [1.82, 2.24) is 9.55 Å². The third kappa shape index (κ3) is 1.73. The zero-order valence-electron chi connectivity index (χ0n) is 8.16. The number of hydrogen-bond donors (Lipinski definition) is 0. The minimum atomic E-state index is 1.03. The highest BCUT2D eigenvalue weighted by atomic mass is 79.9. The summed E-state index contributed by atoms with van der Waals surface area (Å²) in [6.07, 6.45) is 2.04. The molecule has 0 bridgehead atoms. The van der Waals surface area contributed by atoms with Crippen molar-refractivity contribution in [3.63, 3.8) is 0 Å². The van der Waals surface area contributed by atoms with E-state index in [0.29, 0.717) is 0 Å². The Labute approximate surface area is 91.7 Å². The van der Waals surface area contributed by atoms with Crippen LogP contribution >= 0.6 is 15.9 Å². The summed E-state index contributed by atoms with van der Waals surface area (Å²) in [4.78, 5) is 4.46. The fourth-order valence-corrected chi connectivity index (χ4v) is 1.58. The van der Waals surface area contributed by atoms with Crippen molar-refractivity contribution >= 4 is 15.9 Å². The van der Waals surface area contributed by atoms with Gasteiger partial charge >= 0.3 is 0 Å². The average molecular weight is 251 g/mol. The van der Waals surface area contributed by atoms with Crippen molar-refractivity contribution in [3.05, 3.63) is 40.8 Å². The van der Waals surface area contributed by atoms with E-state index in [1.165, 1.54) is 0 Å². The highest BCUT2D eigenvalue weighted by molar-refractivity contribution is 9.10. The van der Waals surface area contributed by atoms with Gasteiger partial charge in [-0.2, -0.15) is 0 Å². The topological polar surface area (TPSA) is 17.8 Å². The van der Waals surface area contributed by atoms with Gasteiger partial charge in [0.15, 0.2) is 0 Å². The summed E-state index contributed by atoms with van der Waals surface area (Å²) in [6, 6.07) is 8.18. The molecule has 0 aliphatic carbocycles. The molecule has 0 radical (unpaired) electrons. The predicted molar refractivity (Wildman–Crippen MR) is 61.1 cm³/mol. The van der Waals surface area contributed by atoms with E-state index >= 15 is 0 Å². The summed E-state index contributed by atoms with van der Waals surface area (Å²) in [6.45, 7) is 2.00. The molecule has 0 amide bonds. The van der Waals surface area contributed by atoms with Crippen LogP contribution in [0.3, 0.4) is 0 Å². The molecule has 1 aromatic heterocycles. The van der Waals surface area contributed by atoms with Crippen LogP contribution in [0.1, 0.15) is 5.82 Å². The van der Waals surface area contributed by atoms with Gasteiger partial charge in [-0.3, -0.25) is 0 Å². The first-order valence-corrected chi connectivity index (χ1v) is 5.22. The Balaban J connectivity index is 2.44. The van der Waals surface area contributed by atoms with Crippen molar-refractivity contribution < 1.29 is 0 Å². The van der Waals surface area contributed by atoms with E-state index in [-0.39, 0.29) is 0 Å². The minimum Gasteiger partial charge on any atom is -0.338 e. The van der Waals surface area contributed by atoms with Crippen molar-refractivity contribution in [2.24, 2.45) is 7.05 Å². The lowest BCUT2D eigenvalue weighted by molar-refractivity contribution is 0.858. The van der Waals surface area contributed by atoms with Gasteiger partial charge in [-0.25, -0.2) is 4.98 Å². The molecule has 0 fully saturated rings. The molecule has 2 rings (SSSR count). The number of rotatable bonds is 1. The van der Waals surface area contributed by atoms with Crippen LogP contribution < -0.4 is 0 Å². The molecule has 3 heteroatoms. The van der Waals surface area contributed by atoms with Crippen LogP contribution in [0, 0.1) is 6.92 Å². The molecule has 0 saturated heterocycles. The van der Waals surface area contributed by atoms with E-state index in [4.69, 9.17) is 0 Å². The molecule has 0 atom stereocenters. The van der Waals surface area contributed by atoms with Crippen LogP contribution in [-0.2, 0) is 7.05 Å². The molecule has 2 nitrogen and oxygen atoms in total. The number of hydrogen-bond acceptors (Lipinski definition) is 1. The normalized spacial score (nSPS) is 10.5. The smallest absolute Gasteiger partial charge is 0.105 e. The average Bonchev–Trinajstić information content (AvgIpc) is 2.48. The van der Waals surface area contributed by atoms with Crippen molar-refractivity contribution in [1.29, 1.82) is 0 Å². The van der Waals surface area contributed by atoms with Crippen LogP contribution in [0.25, 0.3) is 11.3 Å². The van der Waals surface area contributed by atoms with Gasteiger partial charge in [-0.15, -0.1) is 0 Å². The highest BCUT2D eigenvalue weighted by Gasteiger charge is 2.02. The maximum atomic E-state index is 4.46. The quantitative estimate of drug-likeness (QED) is 0.761. The number of aryl methyl sites for hydroxylation is 2. The molecule has 1 aromatic carbocycles. The van der Waals surface area contributed by atoms with Crippen LogP contribution in [0.4, 0.5) is 0 Å². The Morgan fingerprint density at radius 1 is 1.21 bits per heavy atom. The second-order valence-corrected chi connectivity index (χ2v) is 4.21. The molecule has 0 aliphatic rings. The molecule has 0 unspecified atom stereocenters. The van der Waals surface area contributed by atoms with Crippen molar-refractivity contribution in [2.75, 3.05) is 0 Å². The lowest BCUT2D eigenvalue weighted by Gasteiger charge is -1.95. The maximum absolute atomic E-state index is 4.46. The molecule has 0 aliphatic heterocycles. The van der Waals surface area contributed by atoms with Gasteiger partial charge in [0.25, 0.3) is 0 Å². The monoisotopic (exact) mass is 250 g/mol. The zero-order chi connectivity index (χ0) is 10.1. The van der Waals surface area contributed by atoms with Crippen molar-refractivity contribution in [3.8, 4) is 11.3 Å². The van der Waals surface area contributed by atoms with Crippen LogP contribution in [0.15, 0.2) is 34.9 Å². The molecule has 1 heterocycles. The Bertz CT molecular complexity index is 423.